The van der Waals surface area contributed by atoms with Crippen molar-refractivity contribution in [1.29, 1.82) is 0 Å². The quantitative estimate of drug-likeness (QED) is 0.807. The van der Waals surface area contributed by atoms with Gasteiger partial charge in [0.1, 0.15) is 6.04 Å². The number of nitrogens with zero attached hydrogens (tertiary/aromatic N) is 1. The Kier molecular flexibility index (Phi) is 5.42. The molecule has 1 rings (SSSR count). The van der Waals surface area contributed by atoms with Crippen molar-refractivity contribution in [3.63, 3.8) is 0 Å². The Balaban J connectivity index is 3.20. The smallest absolute Gasteiger partial charge is 0.243 e. The maximum Gasteiger partial charge on any atom is 0.243 e. The maximum atomic E-state index is 13.3. The molecule has 0 aliphatic carbocycles. The van der Waals surface area contributed by atoms with Crippen molar-refractivity contribution in [3.8, 4) is 0 Å². The van der Waals surface area contributed by atoms with E-state index >= 15 is 0 Å². The molecule has 8 heteroatoms. The zero-order chi connectivity index (χ0) is 16.2. The minimum absolute atomic E-state index is 0.127. The van der Waals surface area contributed by atoms with E-state index in [1.807, 2.05) is 0 Å². The molecule has 1 atom stereocenters. The fourth-order valence-corrected chi connectivity index (χ4v) is 2.92. The van der Waals surface area contributed by atoms with Crippen LogP contribution >= 0.6 is 0 Å². The van der Waals surface area contributed by atoms with Crippen LogP contribution in [-0.4, -0.2) is 33.2 Å². The van der Waals surface area contributed by atoms with E-state index in [0.717, 1.165) is 28.8 Å². The lowest BCUT2D eigenvalue weighted by atomic mass is 10.2. The number of halogens is 2. The summed E-state index contributed by atoms with van der Waals surface area (Å²) in [6.45, 7) is 4.94. The molecule has 0 bridgehead atoms. The molecule has 116 valence electrons. The highest BCUT2D eigenvalue weighted by Gasteiger charge is 2.29. The minimum Gasteiger partial charge on any atom is -0.351 e. The standard InChI is InChI=1S/C13H16F2N2O3S/c1-4-7-16-13(18)9(2)17(21(3,19)20)10-5-6-11(14)12(15)8-10/h4-6,8-9H,1,7H2,2-3H3,(H,16,18)/t9-/m1/s1. The second-order valence-corrected chi connectivity index (χ2v) is 6.23. The van der Waals surface area contributed by atoms with E-state index in [2.05, 4.69) is 11.9 Å². The van der Waals surface area contributed by atoms with Crippen molar-refractivity contribution in [3.05, 3.63) is 42.5 Å². The highest BCUT2D eigenvalue weighted by atomic mass is 32.2. The zero-order valence-corrected chi connectivity index (χ0v) is 12.5. The third kappa shape index (κ3) is 4.25. The highest BCUT2D eigenvalue weighted by molar-refractivity contribution is 7.92. The van der Waals surface area contributed by atoms with Gasteiger partial charge in [-0.05, 0) is 19.1 Å². The van der Waals surface area contributed by atoms with Crippen molar-refractivity contribution in [2.24, 2.45) is 0 Å². The summed E-state index contributed by atoms with van der Waals surface area (Å²) in [4.78, 5) is 11.9. The lowest BCUT2D eigenvalue weighted by Crippen LogP contribution is -2.48. The van der Waals surface area contributed by atoms with Crippen LogP contribution in [0.1, 0.15) is 6.92 Å². The number of hydrogen-bond donors (Lipinski definition) is 1. The van der Waals surface area contributed by atoms with Crippen LogP contribution in [0.3, 0.4) is 0 Å². The van der Waals surface area contributed by atoms with Crippen LogP contribution in [0.15, 0.2) is 30.9 Å². The third-order valence-corrected chi connectivity index (χ3v) is 3.91. The van der Waals surface area contributed by atoms with Gasteiger partial charge in [-0.15, -0.1) is 6.58 Å². The van der Waals surface area contributed by atoms with Gasteiger partial charge in [-0.25, -0.2) is 17.2 Å². The van der Waals surface area contributed by atoms with Gasteiger partial charge in [0, 0.05) is 12.6 Å². The molecular formula is C13H16F2N2O3S. The van der Waals surface area contributed by atoms with Gasteiger partial charge in [-0.2, -0.15) is 0 Å². The van der Waals surface area contributed by atoms with Gasteiger partial charge in [0.05, 0.1) is 11.9 Å². The van der Waals surface area contributed by atoms with E-state index in [4.69, 9.17) is 0 Å². The van der Waals surface area contributed by atoms with Crippen LogP contribution in [-0.2, 0) is 14.8 Å². The van der Waals surface area contributed by atoms with Crippen LogP contribution in [0.5, 0.6) is 0 Å². The molecule has 21 heavy (non-hydrogen) atoms. The molecule has 1 amide bonds. The number of amides is 1. The Bertz CT molecular complexity index is 647. The molecule has 0 aliphatic heterocycles. The summed E-state index contributed by atoms with van der Waals surface area (Å²) >= 11 is 0. The molecule has 0 radical (unpaired) electrons. The molecule has 0 unspecified atom stereocenters. The van der Waals surface area contributed by atoms with Crippen LogP contribution in [0, 0.1) is 11.6 Å². The largest absolute Gasteiger partial charge is 0.351 e. The first-order valence-corrected chi connectivity index (χ1v) is 7.86. The van der Waals surface area contributed by atoms with E-state index in [1.54, 1.807) is 0 Å². The molecule has 0 spiro atoms. The zero-order valence-electron chi connectivity index (χ0n) is 11.6. The van der Waals surface area contributed by atoms with Crippen LogP contribution in [0.4, 0.5) is 14.5 Å². The summed E-state index contributed by atoms with van der Waals surface area (Å²) in [5.41, 5.74) is -0.127. The highest BCUT2D eigenvalue weighted by Crippen LogP contribution is 2.23. The Morgan fingerprint density at radius 3 is 2.52 bits per heavy atom. The average molecular weight is 318 g/mol. The van der Waals surface area contributed by atoms with E-state index in [1.165, 1.54) is 13.0 Å². The minimum atomic E-state index is -3.86. The van der Waals surface area contributed by atoms with Crippen molar-refractivity contribution >= 4 is 21.6 Å². The van der Waals surface area contributed by atoms with Gasteiger partial charge < -0.3 is 5.32 Å². The third-order valence-electron chi connectivity index (χ3n) is 2.67. The summed E-state index contributed by atoms with van der Waals surface area (Å²) < 4.78 is 50.7. The van der Waals surface area contributed by atoms with E-state index < -0.39 is 33.6 Å². The topological polar surface area (TPSA) is 66.5 Å². The van der Waals surface area contributed by atoms with Crippen molar-refractivity contribution < 1.29 is 22.0 Å². The van der Waals surface area contributed by atoms with Crippen molar-refractivity contribution in [1.82, 2.24) is 5.32 Å². The maximum absolute atomic E-state index is 13.3. The fourth-order valence-electron chi connectivity index (χ4n) is 1.75. The number of sulfonamides is 1. The lowest BCUT2D eigenvalue weighted by Gasteiger charge is -2.28. The van der Waals surface area contributed by atoms with Crippen LogP contribution < -0.4 is 9.62 Å². The molecule has 5 nitrogen and oxygen atoms in total. The van der Waals surface area contributed by atoms with Gasteiger partial charge in [-0.3, -0.25) is 9.10 Å². The SMILES string of the molecule is C=CCNC(=O)[C@@H](C)N(c1ccc(F)c(F)c1)S(C)(=O)=O. The van der Waals surface area contributed by atoms with E-state index in [0.29, 0.717) is 0 Å². The summed E-state index contributed by atoms with van der Waals surface area (Å²) in [6, 6.07) is 1.51. The van der Waals surface area contributed by atoms with Gasteiger partial charge >= 0.3 is 0 Å². The monoisotopic (exact) mass is 318 g/mol. The normalized spacial score (nSPS) is 12.6. The number of benzene rings is 1. The van der Waals surface area contributed by atoms with Gasteiger partial charge in [-0.1, -0.05) is 6.08 Å². The van der Waals surface area contributed by atoms with E-state index in [-0.39, 0.29) is 12.2 Å². The Morgan fingerprint density at radius 1 is 1.43 bits per heavy atom. The molecule has 1 N–H and O–H groups in total. The molecule has 0 aliphatic rings. The molecular weight excluding hydrogens is 302 g/mol. The number of hydrogen-bond acceptors (Lipinski definition) is 3. The predicted molar refractivity (Wildman–Crippen MR) is 76.3 cm³/mol. The molecule has 0 aromatic heterocycles. The fraction of sp³-hybridized carbons (Fsp3) is 0.308. The molecule has 1 aromatic rings. The summed E-state index contributed by atoms with van der Waals surface area (Å²) in [5, 5.41) is 2.45. The van der Waals surface area contributed by atoms with Crippen molar-refractivity contribution in [2.75, 3.05) is 17.1 Å². The average Bonchev–Trinajstić information content (AvgIpc) is 2.38. The lowest BCUT2D eigenvalue weighted by molar-refractivity contribution is -0.121. The first kappa shape index (κ1) is 17.1. The number of carbonyl (C=O) groups excluding carboxylic acids is 1. The first-order valence-electron chi connectivity index (χ1n) is 6.01. The Labute approximate surface area is 122 Å². The number of anilines is 1. The second-order valence-electron chi connectivity index (χ2n) is 4.37. The first-order chi connectivity index (χ1) is 9.68. The molecule has 0 fully saturated rings. The van der Waals surface area contributed by atoms with Crippen LogP contribution in [0.25, 0.3) is 0 Å². The molecule has 0 heterocycles. The van der Waals surface area contributed by atoms with Gasteiger partial charge in [0.15, 0.2) is 11.6 Å². The Hall–Kier alpha value is -1.96. The second kappa shape index (κ2) is 6.66. The summed E-state index contributed by atoms with van der Waals surface area (Å²) in [6.07, 6.45) is 2.32. The molecule has 1 aromatic carbocycles. The van der Waals surface area contributed by atoms with Crippen LogP contribution in [0.2, 0.25) is 0 Å². The molecule has 0 saturated carbocycles. The van der Waals surface area contributed by atoms with Gasteiger partial charge in [0.25, 0.3) is 0 Å². The summed E-state index contributed by atoms with van der Waals surface area (Å²) in [7, 11) is -3.86. The number of carbonyl (C=O) groups is 1. The number of rotatable bonds is 6. The number of nitrogens with one attached hydrogen (secondary N) is 1. The van der Waals surface area contributed by atoms with Crippen molar-refractivity contribution in [2.45, 2.75) is 13.0 Å². The molecule has 0 saturated heterocycles. The summed E-state index contributed by atoms with van der Waals surface area (Å²) in [5.74, 6) is -2.87. The predicted octanol–water partition coefficient (Wildman–Crippen LogP) is 1.42. The Morgan fingerprint density at radius 2 is 2.05 bits per heavy atom. The van der Waals surface area contributed by atoms with Gasteiger partial charge in [0.2, 0.25) is 15.9 Å². The van der Waals surface area contributed by atoms with E-state index in [9.17, 15) is 22.0 Å².